The van der Waals surface area contributed by atoms with E-state index in [-0.39, 0.29) is 5.82 Å². The first-order chi connectivity index (χ1) is 8.17. The summed E-state index contributed by atoms with van der Waals surface area (Å²) in [5, 5.41) is 0. The van der Waals surface area contributed by atoms with Crippen molar-refractivity contribution in [3.05, 3.63) is 42.2 Å². The van der Waals surface area contributed by atoms with Gasteiger partial charge in [-0.1, -0.05) is 0 Å². The van der Waals surface area contributed by atoms with E-state index in [4.69, 9.17) is 10.2 Å². The summed E-state index contributed by atoms with van der Waals surface area (Å²) in [4.78, 5) is 4.39. The Morgan fingerprint density at radius 3 is 2.53 bits per heavy atom. The molecule has 1 aromatic heterocycles. The van der Waals surface area contributed by atoms with Crippen LogP contribution in [0, 0.1) is 5.82 Å². The van der Waals surface area contributed by atoms with Gasteiger partial charge in [-0.15, -0.1) is 0 Å². The summed E-state index contributed by atoms with van der Waals surface area (Å²) in [6.45, 7) is 0. The number of hydrogen-bond donors (Lipinski definition) is 1. The molecule has 0 aliphatic heterocycles. The second-order valence-electron chi connectivity index (χ2n) is 4.55. The molecule has 0 saturated heterocycles. The second kappa shape index (κ2) is 3.67. The van der Waals surface area contributed by atoms with Crippen molar-refractivity contribution in [1.82, 2.24) is 4.98 Å². The van der Waals surface area contributed by atoms with Crippen LogP contribution in [0.3, 0.4) is 0 Å². The first-order valence-electron chi connectivity index (χ1n) is 5.68. The lowest BCUT2D eigenvalue weighted by atomic mass is 9.78. The topological polar surface area (TPSA) is 52.0 Å². The van der Waals surface area contributed by atoms with E-state index in [9.17, 15) is 4.39 Å². The Morgan fingerprint density at radius 1 is 1.24 bits per heavy atom. The Bertz CT molecular complexity index is 529. The van der Waals surface area contributed by atoms with Crippen molar-refractivity contribution >= 4 is 0 Å². The van der Waals surface area contributed by atoms with Crippen LogP contribution in [0.5, 0.6) is 0 Å². The summed E-state index contributed by atoms with van der Waals surface area (Å²) in [6, 6.07) is 6.18. The number of nitrogens with two attached hydrogens (primary N) is 1. The maximum atomic E-state index is 12.8. The molecule has 1 saturated carbocycles. The molecule has 3 nitrogen and oxygen atoms in total. The summed E-state index contributed by atoms with van der Waals surface area (Å²) in [5.74, 6) is 0.329. The fourth-order valence-electron chi connectivity index (χ4n) is 2.03. The highest BCUT2D eigenvalue weighted by Crippen LogP contribution is 2.38. The van der Waals surface area contributed by atoms with Gasteiger partial charge in [0.2, 0.25) is 5.89 Å². The quantitative estimate of drug-likeness (QED) is 0.866. The van der Waals surface area contributed by atoms with Crippen LogP contribution >= 0.6 is 0 Å². The Labute approximate surface area is 98.5 Å². The van der Waals surface area contributed by atoms with Crippen LogP contribution in [0.1, 0.15) is 25.2 Å². The predicted molar refractivity (Wildman–Crippen MR) is 61.6 cm³/mol. The SMILES string of the molecule is NC1(c2nc(-c3ccc(F)cc3)co2)CCC1. The van der Waals surface area contributed by atoms with Crippen molar-refractivity contribution in [2.24, 2.45) is 5.73 Å². The van der Waals surface area contributed by atoms with Gasteiger partial charge < -0.3 is 10.2 Å². The number of rotatable bonds is 2. The molecule has 1 aromatic carbocycles. The molecule has 17 heavy (non-hydrogen) atoms. The van der Waals surface area contributed by atoms with E-state index in [1.54, 1.807) is 18.4 Å². The number of oxazole rings is 1. The van der Waals surface area contributed by atoms with Gasteiger partial charge in [0, 0.05) is 5.56 Å². The average Bonchev–Trinajstić information content (AvgIpc) is 2.76. The number of aromatic nitrogens is 1. The first kappa shape index (κ1) is 10.5. The molecule has 0 atom stereocenters. The molecule has 1 aliphatic rings. The molecular weight excluding hydrogens is 219 g/mol. The minimum Gasteiger partial charge on any atom is -0.446 e. The van der Waals surface area contributed by atoms with E-state index < -0.39 is 5.54 Å². The zero-order valence-corrected chi connectivity index (χ0v) is 9.32. The molecule has 1 fully saturated rings. The van der Waals surface area contributed by atoms with Gasteiger partial charge in [0.05, 0.1) is 5.54 Å². The van der Waals surface area contributed by atoms with Crippen LogP contribution in [0.25, 0.3) is 11.3 Å². The molecule has 3 rings (SSSR count). The summed E-state index contributed by atoms with van der Waals surface area (Å²) in [5.41, 5.74) is 7.28. The van der Waals surface area contributed by atoms with Gasteiger partial charge in [0.15, 0.2) is 0 Å². The highest BCUT2D eigenvalue weighted by molar-refractivity contribution is 5.57. The maximum Gasteiger partial charge on any atom is 0.214 e. The van der Waals surface area contributed by atoms with Crippen molar-refractivity contribution < 1.29 is 8.81 Å². The molecule has 2 N–H and O–H groups in total. The fraction of sp³-hybridized carbons (Fsp3) is 0.308. The largest absolute Gasteiger partial charge is 0.446 e. The zero-order valence-electron chi connectivity index (χ0n) is 9.32. The Morgan fingerprint density at radius 2 is 1.94 bits per heavy atom. The van der Waals surface area contributed by atoms with E-state index in [2.05, 4.69) is 4.98 Å². The summed E-state index contributed by atoms with van der Waals surface area (Å²) < 4.78 is 18.2. The third-order valence-electron chi connectivity index (χ3n) is 3.32. The Balaban J connectivity index is 1.92. The minimum atomic E-state index is -0.391. The molecule has 0 radical (unpaired) electrons. The van der Waals surface area contributed by atoms with Gasteiger partial charge in [0.1, 0.15) is 17.8 Å². The fourth-order valence-corrected chi connectivity index (χ4v) is 2.03. The van der Waals surface area contributed by atoms with Crippen molar-refractivity contribution in [3.63, 3.8) is 0 Å². The van der Waals surface area contributed by atoms with Crippen molar-refractivity contribution in [2.75, 3.05) is 0 Å². The third kappa shape index (κ3) is 1.74. The van der Waals surface area contributed by atoms with Crippen LogP contribution in [0.15, 0.2) is 34.9 Å². The summed E-state index contributed by atoms with van der Waals surface area (Å²) in [6.07, 6.45) is 4.52. The summed E-state index contributed by atoms with van der Waals surface area (Å²) >= 11 is 0. The van der Waals surface area contributed by atoms with Gasteiger partial charge in [-0.2, -0.15) is 0 Å². The van der Waals surface area contributed by atoms with E-state index >= 15 is 0 Å². The van der Waals surface area contributed by atoms with Gasteiger partial charge in [-0.25, -0.2) is 9.37 Å². The Hall–Kier alpha value is -1.68. The van der Waals surface area contributed by atoms with Crippen LogP contribution < -0.4 is 5.73 Å². The van der Waals surface area contributed by atoms with E-state index in [0.717, 1.165) is 24.8 Å². The van der Waals surface area contributed by atoms with Crippen LogP contribution in [0.4, 0.5) is 4.39 Å². The Kier molecular flexibility index (Phi) is 2.26. The average molecular weight is 232 g/mol. The third-order valence-corrected chi connectivity index (χ3v) is 3.32. The number of benzene rings is 1. The smallest absolute Gasteiger partial charge is 0.214 e. The molecule has 2 aromatic rings. The van der Waals surface area contributed by atoms with E-state index in [1.807, 2.05) is 0 Å². The lowest BCUT2D eigenvalue weighted by Crippen LogP contribution is -2.43. The van der Waals surface area contributed by atoms with Crippen LogP contribution in [-0.4, -0.2) is 4.98 Å². The van der Waals surface area contributed by atoms with Crippen molar-refractivity contribution in [3.8, 4) is 11.3 Å². The highest BCUT2D eigenvalue weighted by atomic mass is 19.1. The minimum absolute atomic E-state index is 0.258. The predicted octanol–water partition coefficient (Wildman–Crippen LogP) is 2.82. The zero-order chi connectivity index (χ0) is 11.9. The summed E-state index contributed by atoms with van der Waals surface area (Å²) in [7, 11) is 0. The molecule has 1 aliphatic carbocycles. The number of nitrogens with zero attached hydrogens (tertiary/aromatic N) is 1. The lowest BCUT2D eigenvalue weighted by Gasteiger charge is -2.34. The number of hydrogen-bond acceptors (Lipinski definition) is 3. The monoisotopic (exact) mass is 232 g/mol. The molecule has 1 heterocycles. The molecule has 0 spiro atoms. The molecule has 0 bridgehead atoms. The highest BCUT2D eigenvalue weighted by Gasteiger charge is 2.39. The normalized spacial score (nSPS) is 17.8. The van der Waals surface area contributed by atoms with Gasteiger partial charge >= 0.3 is 0 Å². The van der Waals surface area contributed by atoms with Gasteiger partial charge in [0.25, 0.3) is 0 Å². The second-order valence-corrected chi connectivity index (χ2v) is 4.55. The molecular formula is C13H13FN2O. The van der Waals surface area contributed by atoms with Crippen molar-refractivity contribution in [2.45, 2.75) is 24.8 Å². The molecule has 88 valence electrons. The standard InChI is InChI=1S/C13H13FN2O/c14-10-4-2-9(3-5-10)11-8-17-12(16-11)13(15)6-1-7-13/h2-5,8H,1,6-7,15H2. The first-order valence-corrected chi connectivity index (χ1v) is 5.68. The maximum absolute atomic E-state index is 12.8. The van der Waals surface area contributed by atoms with Crippen LogP contribution in [-0.2, 0) is 5.54 Å². The molecule has 4 heteroatoms. The van der Waals surface area contributed by atoms with E-state index in [0.29, 0.717) is 11.6 Å². The van der Waals surface area contributed by atoms with Crippen molar-refractivity contribution in [1.29, 1.82) is 0 Å². The molecule has 0 amide bonds. The van der Waals surface area contributed by atoms with Gasteiger partial charge in [-0.3, -0.25) is 0 Å². The van der Waals surface area contributed by atoms with E-state index in [1.165, 1.54) is 12.1 Å². The lowest BCUT2D eigenvalue weighted by molar-refractivity contribution is 0.199. The number of halogens is 1. The molecule has 0 unspecified atom stereocenters. The van der Waals surface area contributed by atoms with Crippen LogP contribution in [0.2, 0.25) is 0 Å². The van der Waals surface area contributed by atoms with Gasteiger partial charge in [-0.05, 0) is 43.5 Å².